The van der Waals surface area contributed by atoms with Gasteiger partial charge in [0, 0.05) is 23.3 Å². The molecule has 126 valence electrons. The topological polar surface area (TPSA) is 58.1 Å². The van der Waals surface area contributed by atoms with Crippen molar-refractivity contribution in [3.05, 3.63) is 46.7 Å². The van der Waals surface area contributed by atoms with E-state index in [0.29, 0.717) is 17.7 Å². The minimum absolute atomic E-state index is 0.226. The fourth-order valence-electron chi connectivity index (χ4n) is 3.05. The predicted octanol–water partition coefficient (Wildman–Crippen LogP) is 4.26. The molecular formula is C18H21BrN4O. The van der Waals surface area contributed by atoms with Gasteiger partial charge < -0.3 is 10.2 Å². The average molecular weight is 389 g/mol. The number of hydrogen-bond donors (Lipinski definition) is 1. The maximum Gasteiger partial charge on any atom is 0.274 e. The molecular weight excluding hydrogens is 368 g/mol. The molecule has 1 saturated heterocycles. The Morgan fingerprint density at radius 2 is 2.17 bits per heavy atom. The molecule has 6 heteroatoms. The van der Waals surface area contributed by atoms with Crippen LogP contribution in [0, 0.1) is 0 Å². The molecule has 2 aromatic rings. The largest absolute Gasteiger partial charge is 0.338 e. The second-order valence-electron chi connectivity index (χ2n) is 5.93. The highest BCUT2D eigenvalue weighted by molar-refractivity contribution is 9.10. The fraction of sp³-hybridized carbons (Fsp3) is 0.389. The third-order valence-corrected chi connectivity index (χ3v) is 5.04. The molecule has 0 radical (unpaired) electrons. The zero-order valence-corrected chi connectivity index (χ0v) is 15.3. The molecule has 1 amide bonds. The summed E-state index contributed by atoms with van der Waals surface area (Å²) in [6.45, 7) is 3.14. The van der Waals surface area contributed by atoms with Crippen molar-refractivity contribution in [2.45, 2.75) is 38.6 Å². The lowest BCUT2D eigenvalue weighted by Crippen LogP contribution is -2.40. The van der Waals surface area contributed by atoms with Crippen LogP contribution in [0.5, 0.6) is 0 Å². The first-order valence-corrected chi connectivity index (χ1v) is 9.14. The molecule has 1 aromatic carbocycles. The Bertz CT molecular complexity index is 722. The van der Waals surface area contributed by atoms with Crippen LogP contribution in [0.25, 0.3) is 0 Å². The van der Waals surface area contributed by atoms with Crippen LogP contribution in [0.3, 0.4) is 0 Å². The first kappa shape index (κ1) is 16.9. The number of rotatable bonds is 4. The lowest BCUT2D eigenvalue weighted by Gasteiger charge is -2.35. The summed E-state index contributed by atoms with van der Waals surface area (Å²) in [4.78, 5) is 23.6. The number of hydrogen-bond acceptors (Lipinski definition) is 4. The summed E-state index contributed by atoms with van der Waals surface area (Å²) in [6, 6.07) is 9.64. The van der Waals surface area contributed by atoms with Gasteiger partial charge in [-0.25, -0.2) is 9.97 Å². The number of para-hydroxylation sites is 1. The van der Waals surface area contributed by atoms with Gasteiger partial charge in [0.15, 0.2) is 0 Å². The molecule has 0 saturated carbocycles. The van der Waals surface area contributed by atoms with Gasteiger partial charge >= 0.3 is 0 Å². The highest BCUT2D eigenvalue weighted by Crippen LogP contribution is 2.24. The van der Waals surface area contributed by atoms with E-state index < -0.39 is 0 Å². The second kappa shape index (κ2) is 7.75. The standard InChI is InChI=1S/C18H21BrN4O/c1-2-13-7-5-6-12-23(13)18-20-11-10-16(22-18)17(24)21-15-9-4-3-8-14(15)19/h3-4,8-11,13H,2,5-7,12H2,1H3,(H,21,24). The molecule has 5 nitrogen and oxygen atoms in total. The van der Waals surface area contributed by atoms with Crippen molar-refractivity contribution in [3.63, 3.8) is 0 Å². The molecule has 1 N–H and O–H groups in total. The van der Waals surface area contributed by atoms with Crippen molar-refractivity contribution in [3.8, 4) is 0 Å². The van der Waals surface area contributed by atoms with E-state index in [1.807, 2.05) is 24.3 Å². The summed E-state index contributed by atoms with van der Waals surface area (Å²) < 4.78 is 0.842. The summed E-state index contributed by atoms with van der Waals surface area (Å²) >= 11 is 3.44. The zero-order chi connectivity index (χ0) is 16.9. The lowest BCUT2D eigenvalue weighted by molar-refractivity contribution is 0.102. The predicted molar refractivity (Wildman–Crippen MR) is 99.4 cm³/mol. The van der Waals surface area contributed by atoms with Crippen molar-refractivity contribution in [1.82, 2.24) is 9.97 Å². The zero-order valence-electron chi connectivity index (χ0n) is 13.7. The van der Waals surface area contributed by atoms with Gasteiger partial charge in [-0.15, -0.1) is 0 Å². The van der Waals surface area contributed by atoms with Gasteiger partial charge in [0.1, 0.15) is 5.69 Å². The first-order valence-electron chi connectivity index (χ1n) is 8.34. The normalized spacial score (nSPS) is 17.6. The van der Waals surface area contributed by atoms with E-state index in [1.165, 1.54) is 6.42 Å². The lowest BCUT2D eigenvalue weighted by atomic mass is 10.0. The van der Waals surface area contributed by atoms with Crippen LogP contribution in [0.1, 0.15) is 43.1 Å². The van der Waals surface area contributed by atoms with Crippen molar-refractivity contribution >= 4 is 33.5 Å². The van der Waals surface area contributed by atoms with Gasteiger partial charge in [0.25, 0.3) is 5.91 Å². The highest BCUT2D eigenvalue weighted by Gasteiger charge is 2.23. The van der Waals surface area contributed by atoms with Gasteiger partial charge in [0.2, 0.25) is 5.95 Å². The molecule has 1 aliphatic heterocycles. The molecule has 0 spiro atoms. The van der Waals surface area contributed by atoms with Crippen LogP contribution in [0.2, 0.25) is 0 Å². The maximum atomic E-state index is 12.5. The molecule has 1 unspecified atom stereocenters. The van der Waals surface area contributed by atoms with Crippen LogP contribution in [0.15, 0.2) is 41.0 Å². The van der Waals surface area contributed by atoms with E-state index in [0.717, 1.165) is 36.0 Å². The summed E-state index contributed by atoms with van der Waals surface area (Å²) in [6.07, 6.45) is 6.28. The van der Waals surface area contributed by atoms with E-state index >= 15 is 0 Å². The van der Waals surface area contributed by atoms with Crippen LogP contribution in [-0.2, 0) is 0 Å². The van der Waals surface area contributed by atoms with Crippen molar-refractivity contribution in [2.75, 3.05) is 16.8 Å². The third-order valence-electron chi connectivity index (χ3n) is 4.35. The maximum absolute atomic E-state index is 12.5. The Kier molecular flexibility index (Phi) is 5.45. The molecule has 3 rings (SSSR count). The van der Waals surface area contributed by atoms with Gasteiger partial charge in [-0.1, -0.05) is 19.1 Å². The van der Waals surface area contributed by atoms with E-state index in [-0.39, 0.29) is 5.91 Å². The van der Waals surface area contributed by atoms with E-state index in [1.54, 1.807) is 12.3 Å². The number of piperidine rings is 1. The summed E-state index contributed by atoms with van der Waals surface area (Å²) in [5.74, 6) is 0.428. The molecule has 0 bridgehead atoms. The van der Waals surface area contributed by atoms with Crippen molar-refractivity contribution in [2.24, 2.45) is 0 Å². The number of amides is 1. The molecule has 24 heavy (non-hydrogen) atoms. The van der Waals surface area contributed by atoms with Gasteiger partial charge in [-0.3, -0.25) is 4.79 Å². The van der Waals surface area contributed by atoms with E-state index in [4.69, 9.17) is 0 Å². The number of aromatic nitrogens is 2. The molecule has 1 aromatic heterocycles. The summed E-state index contributed by atoms with van der Waals surface area (Å²) in [5, 5.41) is 2.89. The molecule has 1 atom stereocenters. The van der Waals surface area contributed by atoms with Gasteiger partial charge in [-0.05, 0) is 59.8 Å². The fourth-order valence-corrected chi connectivity index (χ4v) is 3.43. The van der Waals surface area contributed by atoms with Gasteiger partial charge in [-0.2, -0.15) is 0 Å². The number of nitrogens with zero attached hydrogens (tertiary/aromatic N) is 3. The van der Waals surface area contributed by atoms with Crippen LogP contribution in [0.4, 0.5) is 11.6 Å². The molecule has 1 fully saturated rings. The highest BCUT2D eigenvalue weighted by atomic mass is 79.9. The minimum Gasteiger partial charge on any atom is -0.338 e. The van der Waals surface area contributed by atoms with Crippen molar-refractivity contribution in [1.29, 1.82) is 0 Å². The number of benzene rings is 1. The van der Waals surface area contributed by atoms with Crippen LogP contribution >= 0.6 is 15.9 Å². The third kappa shape index (κ3) is 3.75. The summed E-state index contributed by atoms with van der Waals surface area (Å²) in [7, 11) is 0. The number of nitrogens with one attached hydrogen (secondary N) is 1. The SMILES string of the molecule is CCC1CCCCN1c1nccc(C(=O)Nc2ccccc2Br)n1. The van der Waals surface area contributed by atoms with Crippen LogP contribution < -0.4 is 10.2 Å². The summed E-state index contributed by atoms with van der Waals surface area (Å²) in [5.41, 5.74) is 1.11. The quantitative estimate of drug-likeness (QED) is 0.849. The number of anilines is 2. The Labute approximate surface area is 150 Å². The number of carbonyl (C=O) groups is 1. The first-order chi connectivity index (χ1) is 11.7. The van der Waals surface area contributed by atoms with Crippen molar-refractivity contribution < 1.29 is 4.79 Å². The van der Waals surface area contributed by atoms with Crippen LogP contribution in [-0.4, -0.2) is 28.5 Å². The monoisotopic (exact) mass is 388 g/mol. The number of halogens is 1. The average Bonchev–Trinajstić information content (AvgIpc) is 2.63. The molecule has 2 heterocycles. The minimum atomic E-state index is -0.226. The Hall–Kier alpha value is -1.95. The Morgan fingerprint density at radius 1 is 1.33 bits per heavy atom. The smallest absolute Gasteiger partial charge is 0.274 e. The van der Waals surface area contributed by atoms with E-state index in [2.05, 4.69) is 43.0 Å². The molecule has 0 aliphatic carbocycles. The van der Waals surface area contributed by atoms with E-state index in [9.17, 15) is 4.79 Å². The molecule has 1 aliphatic rings. The van der Waals surface area contributed by atoms with Gasteiger partial charge in [0.05, 0.1) is 5.69 Å². The number of carbonyl (C=O) groups excluding carboxylic acids is 1. The Morgan fingerprint density at radius 3 is 2.96 bits per heavy atom. The Balaban J connectivity index is 1.79. The second-order valence-corrected chi connectivity index (χ2v) is 6.78.